The highest BCUT2D eigenvalue weighted by molar-refractivity contribution is 9.10. The van der Waals surface area contributed by atoms with Crippen LogP contribution in [0.25, 0.3) is 0 Å². The molecular weight excluding hydrogens is 372 g/mol. The van der Waals surface area contributed by atoms with E-state index in [1.54, 1.807) is 18.2 Å². The average molecular weight is 389 g/mol. The lowest BCUT2D eigenvalue weighted by Crippen LogP contribution is -2.13. The molecule has 0 bridgehead atoms. The molecular formula is C14H17BrN2O2S2. The van der Waals surface area contributed by atoms with E-state index in [1.165, 1.54) is 11.3 Å². The van der Waals surface area contributed by atoms with Crippen LogP contribution in [0.1, 0.15) is 15.3 Å². The van der Waals surface area contributed by atoms with Gasteiger partial charge in [0.1, 0.15) is 4.90 Å². The molecule has 0 unspecified atom stereocenters. The van der Waals surface area contributed by atoms with E-state index in [4.69, 9.17) is 0 Å². The topological polar surface area (TPSA) is 58.2 Å². The van der Waals surface area contributed by atoms with Crippen LogP contribution in [0.3, 0.4) is 0 Å². The van der Waals surface area contributed by atoms with E-state index in [9.17, 15) is 8.42 Å². The molecule has 114 valence electrons. The molecule has 0 spiro atoms. The molecule has 0 aliphatic carbocycles. The van der Waals surface area contributed by atoms with Gasteiger partial charge >= 0.3 is 0 Å². The average Bonchev–Trinajstić information content (AvgIpc) is 2.76. The molecule has 1 heterocycles. The number of rotatable bonds is 5. The predicted octanol–water partition coefficient (Wildman–Crippen LogP) is 3.65. The molecule has 1 aromatic heterocycles. The molecule has 7 heteroatoms. The minimum atomic E-state index is -3.56. The number of sulfonamides is 1. The van der Waals surface area contributed by atoms with E-state index in [0.29, 0.717) is 17.1 Å². The molecule has 1 aromatic carbocycles. The fraction of sp³-hybridized carbons (Fsp3) is 0.286. The molecule has 0 atom stereocenters. The largest absolute Gasteiger partial charge is 0.315 e. The van der Waals surface area contributed by atoms with Crippen molar-refractivity contribution in [3.8, 4) is 0 Å². The molecule has 2 aromatic rings. The summed E-state index contributed by atoms with van der Waals surface area (Å²) in [5, 5.41) is 3.03. The number of hydrogen-bond acceptors (Lipinski definition) is 4. The SMILES string of the molecule is CNCc1cc(S(=O)(=O)Nc2ccc(C)c(Br)c2)c(C)s1. The fourth-order valence-electron chi connectivity index (χ4n) is 1.92. The molecule has 0 aliphatic heterocycles. The Bertz CT molecular complexity index is 754. The zero-order valence-corrected chi connectivity index (χ0v) is 15.2. The minimum Gasteiger partial charge on any atom is -0.315 e. The van der Waals surface area contributed by atoms with Gasteiger partial charge in [0.2, 0.25) is 0 Å². The summed E-state index contributed by atoms with van der Waals surface area (Å²) in [5.41, 5.74) is 1.61. The summed E-state index contributed by atoms with van der Waals surface area (Å²) in [6.45, 7) is 4.44. The van der Waals surface area contributed by atoms with E-state index in [-0.39, 0.29) is 0 Å². The number of thiophene rings is 1. The van der Waals surface area contributed by atoms with Gasteiger partial charge in [-0.05, 0) is 44.7 Å². The van der Waals surface area contributed by atoms with Gasteiger partial charge in [0.15, 0.2) is 0 Å². The Labute approximate surface area is 137 Å². The third kappa shape index (κ3) is 3.85. The van der Waals surface area contributed by atoms with Crippen molar-refractivity contribution in [2.75, 3.05) is 11.8 Å². The maximum Gasteiger partial charge on any atom is 0.263 e. The highest BCUT2D eigenvalue weighted by atomic mass is 79.9. The van der Waals surface area contributed by atoms with Crippen molar-refractivity contribution in [2.45, 2.75) is 25.3 Å². The van der Waals surface area contributed by atoms with Gasteiger partial charge in [0.25, 0.3) is 10.0 Å². The maximum absolute atomic E-state index is 12.5. The number of anilines is 1. The number of aryl methyl sites for hydroxylation is 2. The van der Waals surface area contributed by atoms with Crippen molar-refractivity contribution in [3.05, 3.63) is 44.1 Å². The molecule has 4 nitrogen and oxygen atoms in total. The van der Waals surface area contributed by atoms with Crippen molar-refractivity contribution in [1.29, 1.82) is 0 Å². The van der Waals surface area contributed by atoms with Crippen LogP contribution >= 0.6 is 27.3 Å². The summed E-state index contributed by atoms with van der Waals surface area (Å²) >= 11 is 4.90. The van der Waals surface area contributed by atoms with Crippen LogP contribution in [-0.4, -0.2) is 15.5 Å². The van der Waals surface area contributed by atoms with Gasteiger partial charge < -0.3 is 5.32 Å². The first kappa shape index (κ1) is 16.5. The smallest absolute Gasteiger partial charge is 0.263 e. The van der Waals surface area contributed by atoms with Crippen molar-refractivity contribution in [1.82, 2.24) is 5.32 Å². The van der Waals surface area contributed by atoms with Crippen LogP contribution in [0.5, 0.6) is 0 Å². The summed E-state index contributed by atoms with van der Waals surface area (Å²) in [4.78, 5) is 2.13. The van der Waals surface area contributed by atoms with E-state index < -0.39 is 10.0 Å². The van der Waals surface area contributed by atoms with Gasteiger partial charge in [-0.3, -0.25) is 4.72 Å². The maximum atomic E-state index is 12.5. The number of hydrogen-bond donors (Lipinski definition) is 2. The third-order valence-corrected chi connectivity index (χ3v) is 6.53. The quantitative estimate of drug-likeness (QED) is 0.821. The second-order valence-electron chi connectivity index (χ2n) is 4.73. The first-order valence-corrected chi connectivity index (χ1v) is 9.45. The van der Waals surface area contributed by atoms with Crippen LogP contribution in [0.2, 0.25) is 0 Å². The highest BCUT2D eigenvalue weighted by Gasteiger charge is 2.20. The Balaban J connectivity index is 2.31. The van der Waals surface area contributed by atoms with Gasteiger partial charge in [-0.2, -0.15) is 0 Å². The van der Waals surface area contributed by atoms with Gasteiger partial charge in [0, 0.05) is 26.5 Å². The Morgan fingerprint density at radius 3 is 2.57 bits per heavy atom. The zero-order chi connectivity index (χ0) is 15.6. The molecule has 0 aliphatic rings. The Morgan fingerprint density at radius 2 is 1.95 bits per heavy atom. The second-order valence-corrected chi connectivity index (χ2v) is 8.58. The van der Waals surface area contributed by atoms with Crippen LogP contribution in [-0.2, 0) is 16.6 Å². The molecule has 0 radical (unpaired) electrons. The van der Waals surface area contributed by atoms with E-state index in [0.717, 1.165) is 19.8 Å². The van der Waals surface area contributed by atoms with Gasteiger partial charge in [-0.15, -0.1) is 11.3 Å². The van der Waals surface area contributed by atoms with E-state index in [2.05, 4.69) is 26.0 Å². The molecule has 0 saturated heterocycles. The van der Waals surface area contributed by atoms with Gasteiger partial charge in [0.05, 0.1) is 0 Å². The number of nitrogens with one attached hydrogen (secondary N) is 2. The van der Waals surface area contributed by atoms with E-state index >= 15 is 0 Å². The lowest BCUT2D eigenvalue weighted by Gasteiger charge is -2.09. The summed E-state index contributed by atoms with van der Waals surface area (Å²) in [5.74, 6) is 0. The summed E-state index contributed by atoms with van der Waals surface area (Å²) in [6, 6.07) is 7.12. The number of halogens is 1. The summed E-state index contributed by atoms with van der Waals surface area (Å²) in [6.07, 6.45) is 0. The molecule has 2 N–H and O–H groups in total. The molecule has 0 amide bonds. The third-order valence-electron chi connectivity index (χ3n) is 2.99. The minimum absolute atomic E-state index is 0.342. The van der Waals surface area contributed by atoms with Crippen molar-refractivity contribution in [2.24, 2.45) is 0 Å². The van der Waals surface area contributed by atoms with Crippen LogP contribution in [0.15, 0.2) is 33.6 Å². The van der Waals surface area contributed by atoms with Gasteiger partial charge in [-0.25, -0.2) is 8.42 Å². The lowest BCUT2D eigenvalue weighted by atomic mass is 10.2. The molecule has 0 fully saturated rings. The predicted molar refractivity (Wildman–Crippen MR) is 91.5 cm³/mol. The standard InChI is InChI=1S/C14H17BrN2O2S2/c1-9-4-5-11(6-13(9)15)17-21(18,19)14-7-12(8-16-3)20-10(14)2/h4-7,16-17H,8H2,1-3H3. The first-order valence-electron chi connectivity index (χ1n) is 6.36. The lowest BCUT2D eigenvalue weighted by molar-refractivity contribution is 0.601. The fourth-order valence-corrected chi connectivity index (χ4v) is 5.00. The zero-order valence-electron chi connectivity index (χ0n) is 12.0. The van der Waals surface area contributed by atoms with Crippen molar-refractivity contribution >= 4 is 43.0 Å². The Morgan fingerprint density at radius 1 is 1.24 bits per heavy atom. The summed E-state index contributed by atoms with van der Waals surface area (Å²) < 4.78 is 28.5. The van der Waals surface area contributed by atoms with Crippen LogP contribution < -0.4 is 10.0 Å². The monoisotopic (exact) mass is 388 g/mol. The molecule has 21 heavy (non-hydrogen) atoms. The highest BCUT2D eigenvalue weighted by Crippen LogP contribution is 2.28. The Kier molecular flexibility index (Phi) is 5.08. The molecule has 2 rings (SSSR count). The van der Waals surface area contributed by atoms with Crippen LogP contribution in [0, 0.1) is 13.8 Å². The number of benzene rings is 1. The second kappa shape index (κ2) is 6.48. The van der Waals surface area contributed by atoms with Crippen LogP contribution in [0.4, 0.5) is 5.69 Å². The van der Waals surface area contributed by atoms with Crippen molar-refractivity contribution in [3.63, 3.8) is 0 Å². The first-order chi connectivity index (χ1) is 9.83. The Hall–Kier alpha value is -0.890. The van der Waals surface area contributed by atoms with E-state index in [1.807, 2.05) is 27.0 Å². The van der Waals surface area contributed by atoms with Gasteiger partial charge in [-0.1, -0.05) is 22.0 Å². The summed E-state index contributed by atoms with van der Waals surface area (Å²) in [7, 11) is -1.72. The normalized spacial score (nSPS) is 11.6. The van der Waals surface area contributed by atoms with Crippen molar-refractivity contribution < 1.29 is 8.42 Å². The molecule has 0 saturated carbocycles.